The van der Waals surface area contributed by atoms with Gasteiger partial charge in [0, 0.05) is 4.88 Å². The van der Waals surface area contributed by atoms with Crippen LogP contribution in [0.1, 0.15) is 23.5 Å². The number of aryl methyl sites for hydroxylation is 1. The highest BCUT2D eigenvalue weighted by atomic mass is 35.5. The lowest BCUT2D eigenvalue weighted by Gasteiger charge is -2.15. The van der Waals surface area contributed by atoms with Gasteiger partial charge in [-0.25, -0.2) is 4.98 Å². The molecule has 19 heavy (non-hydrogen) atoms. The molecule has 1 aromatic carbocycles. The highest BCUT2D eigenvalue weighted by Gasteiger charge is 2.15. The summed E-state index contributed by atoms with van der Waals surface area (Å²) < 4.78 is 8.54. The molecule has 0 aliphatic heterocycles. The van der Waals surface area contributed by atoms with Crippen LogP contribution in [0.15, 0.2) is 17.6 Å². The summed E-state index contributed by atoms with van der Waals surface area (Å²) in [7, 11) is 0. The van der Waals surface area contributed by atoms with Crippen LogP contribution in [0.4, 0.5) is 5.69 Å². The number of aromatic nitrogens is 3. The molecule has 0 fully saturated rings. The van der Waals surface area contributed by atoms with Crippen molar-refractivity contribution in [2.45, 2.75) is 19.9 Å². The molecule has 1 N–H and O–H groups in total. The van der Waals surface area contributed by atoms with Crippen LogP contribution in [0.25, 0.3) is 11.0 Å². The Bertz CT molecular complexity index is 721. The van der Waals surface area contributed by atoms with Crippen molar-refractivity contribution in [3.8, 4) is 0 Å². The first-order valence-electron chi connectivity index (χ1n) is 5.74. The molecule has 7 heteroatoms. The van der Waals surface area contributed by atoms with E-state index in [0.717, 1.165) is 22.4 Å². The van der Waals surface area contributed by atoms with Crippen LogP contribution >= 0.6 is 34.7 Å². The van der Waals surface area contributed by atoms with Crippen LogP contribution in [-0.2, 0) is 0 Å². The molecule has 2 aromatic heterocycles. The molecule has 3 aromatic rings. The van der Waals surface area contributed by atoms with E-state index in [1.165, 1.54) is 16.6 Å². The van der Waals surface area contributed by atoms with Crippen molar-refractivity contribution in [3.63, 3.8) is 0 Å². The number of halogens is 1. The first-order valence-corrected chi connectivity index (χ1v) is 7.73. The Hall–Kier alpha value is -1.24. The molecule has 2 heterocycles. The molecule has 3 rings (SSSR count). The van der Waals surface area contributed by atoms with E-state index >= 15 is 0 Å². The smallest absolute Gasteiger partial charge is 0.129 e. The van der Waals surface area contributed by atoms with Crippen molar-refractivity contribution >= 4 is 51.4 Å². The maximum absolute atomic E-state index is 6.27. The number of thiazole rings is 1. The summed E-state index contributed by atoms with van der Waals surface area (Å²) in [5, 5.41) is 4.09. The third kappa shape index (κ3) is 2.31. The molecule has 4 nitrogen and oxygen atoms in total. The zero-order chi connectivity index (χ0) is 13.4. The first-order chi connectivity index (χ1) is 9.16. The molecule has 0 saturated carbocycles. The van der Waals surface area contributed by atoms with Gasteiger partial charge in [-0.05, 0) is 26.0 Å². The molecule has 1 atom stereocenters. The van der Waals surface area contributed by atoms with Gasteiger partial charge in [-0.1, -0.05) is 11.6 Å². The number of anilines is 1. The molecule has 0 amide bonds. The fourth-order valence-electron chi connectivity index (χ4n) is 1.97. The second kappa shape index (κ2) is 5.03. The van der Waals surface area contributed by atoms with Crippen LogP contribution < -0.4 is 5.32 Å². The second-order valence-electron chi connectivity index (χ2n) is 4.22. The molecule has 0 saturated heterocycles. The van der Waals surface area contributed by atoms with Gasteiger partial charge in [0.1, 0.15) is 11.0 Å². The summed E-state index contributed by atoms with van der Waals surface area (Å²) in [4.78, 5) is 5.48. The molecular formula is C12H11ClN4S2. The summed E-state index contributed by atoms with van der Waals surface area (Å²) in [5.41, 5.74) is 5.43. The molecule has 0 radical (unpaired) electrons. The predicted octanol–water partition coefficient (Wildman–Crippen LogP) is 4.28. The fourth-order valence-corrected chi connectivity index (χ4v) is 3.53. The van der Waals surface area contributed by atoms with E-state index < -0.39 is 0 Å². The van der Waals surface area contributed by atoms with Crippen LogP contribution in [0.2, 0.25) is 5.02 Å². The van der Waals surface area contributed by atoms with Crippen LogP contribution in [0.5, 0.6) is 0 Å². The van der Waals surface area contributed by atoms with E-state index in [0.29, 0.717) is 5.02 Å². The number of fused-ring (bicyclic) bond motifs is 1. The van der Waals surface area contributed by atoms with Crippen molar-refractivity contribution in [1.82, 2.24) is 13.7 Å². The Morgan fingerprint density at radius 2 is 2.16 bits per heavy atom. The monoisotopic (exact) mass is 310 g/mol. The number of hydrogen-bond donors (Lipinski definition) is 1. The number of nitrogens with one attached hydrogen (secondary N) is 1. The molecule has 0 bridgehead atoms. The van der Waals surface area contributed by atoms with Crippen molar-refractivity contribution < 1.29 is 0 Å². The van der Waals surface area contributed by atoms with Gasteiger partial charge in [-0.2, -0.15) is 8.75 Å². The summed E-state index contributed by atoms with van der Waals surface area (Å²) in [5.74, 6) is 0. The van der Waals surface area contributed by atoms with Crippen molar-refractivity contribution in [2.24, 2.45) is 0 Å². The quantitative estimate of drug-likeness (QED) is 0.784. The van der Waals surface area contributed by atoms with Crippen LogP contribution in [0.3, 0.4) is 0 Å². The largest absolute Gasteiger partial charge is 0.375 e. The van der Waals surface area contributed by atoms with E-state index in [9.17, 15) is 0 Å². The fraction of sp³-hybridized carbons (Fsp3) is 0.250. The van der Waals surface area contributed by atoms with Gasteiger partial charge in [0.15, 0.2) is 0 Å². The average molecular weight is 311 g/mol. The van der Waals surface area contributed by atoms with E-state index in [2.05, 4.69) is 26.0 Å². The van der Waals surface area contributed by atoms with Crippen molar-refractivity contribution in [3.05, 3.63) is 33.2 Å². The number of nitrogens with zero attached hydrogens (tertiary/aromatic N) is 3. The van der Waals surface area contributed by atoms with Gasteiger partial charge < -0.3 is 5.32 Å². The summed E-state index contributed by atoms with van der Waals surface area (Å²) >= 11 is 9.10. The lowest BCUT2D eigenvalue weighted by molar-refractivity contribution is 0.892. The highest BCUT2D eigenvalue weighted by Crippen LogP contribution is 2.34. The Kier molecular flexibility index (Phi) is 3.38. The molecular weight excluding hydrogens is 300 g/mol. The maximum Gasteiger partial charge on any atom is 0.129 e. The predicted molar refractivity (Wildman–Crippen MR) is 81.3 cm³/mol. The SMILES string of the molecule is Cc1ncsc1C(C)Nc1c(Cl)ccc2nsnc12. The highest BCUT2D eigenvalue weighted by molar-refractivity contribution is 7.09. The van der Waals surface area contributed by atoms with Gasteiger partial charge >= 0.3 is 0 Å². The summed E-state index contributed by atoms with van der Waals surface area (Å²) in [6, 6.07) is 3.87. The number of hydrogen-bond acceptors (Lipinski definition) is 6. The topological polar surface area (TPSA) is 50.7 Å². The molecule has 0 spiro atoms. The minimum Gasteiger partial charge on any atom is -0.375 e. The molecule has 0 aliphatic carbocycles. The van der Waals surface area contributed by atoms with Gasteiger partial charge in [-0.15, -0.1) is 11.3 Å². The third-order valence-electron chi connectivity index (χ3n) is 2.91. The van der Waals surface area contributed by atoms with Gasteiger partial charge in [0.2, 0.25) is 0 Å². The van der Waals surface area contributed by atoms with E-state index in [-0.39, 0.29) is 6.04 Å². The van der Waals surface area contributed by atoms with Gasteiger partial charge in [0.25, 0.3) is 0 Å². The lowest BCUT2D eigenvalue weighted by atomic mass is 10.2. The van der Waals surface area contributed by atoms with Crippen LogP contribution in [0, 0.1) is 6.92 Å². The summed E-state index contributed by atoms with van der Waals surface area (Å²) in [6.45, 7) is 4.10. The second-order valence-corrected chi connectivity index (χ2v) is 6.04. The zero-order valence-corrected chi connectivity index (χ0v) is 12.7. The minimum absolute atomic E-state index is 0.136. The van der Waals surface area contributed by atoms with E-state index in [4.69, 9.17) is 11.6 Å². The third-order valence-corrected chi connectivity index (χ3v) is 4.89. The standard InChI is InChI=1S/C12H11ClN4S2/c1-6-12(18-5-14-6)7(2)15-10-8(13)3-4-9-11(10)17-19-16-9/h3-5,7,15H,1-2H3. The van der Waals surface area contributed by atoms with Crippen molar-refractivity contribution in [1.29, 1.82) is 0 Å². The number of benzene rings is 1. The Morgan fingerprint density at radius 1 is 1.32 bits per heavy atom. The van der Waals surface area contributed by atoms with E-state index in [1.54, 1.807) is 11.3 Å². The van der Waals surface area contributed by atoms with Gasteiger partial charge in [-0.3, -0.25) is 0 Å². The van der Waals surface area contributed by atoms with Crippen LogP contribution in [-0.4, -0.2) is 13.7 Å². The molecule has 98 valence electrons. The Morgan fingerprint density at radius 3 is 2.89 bits per heavy atom. The number of rotatable bonds is 3. The Labute approximate surface area is 123 Å². The van der Waals surface area contributed by atoms with E-state index in [1.807, 2.05) is 24.6 Å². The molecule has 1 unspecified atom stereocenters. The van der Waals surface area contributed by atoms with Crippen molar-refractivity contribution in [2.75, 3.05) is 5.32 Å². The van der Waals surface area contributed by atoms with Gasteiger partial charge in [0.05, 0.1) is 39.7 Å². The summed E-state index contributed by atoms with van der Waals surface area (Å²) in [6.07, 6.45) is 0. The Balaban J connectivity index is 1.99. The first kappa shape index (κ1) is 12.8. The zero-order valence-electron chi connectivity index (χ0n) is 10.3. The minimum atomic E-state index is 0.136. The molecule has 0 aliphatic rings. The average Bonchev–Trinajstić information content (AvgIpc) is 3.01. The maximum atomic E-state index is 6.27. The normalized spacial score (nSPS) is 12.8. The lowest BCUT2D eigenvalue weighted by Crippen LogP contribution is -2.07.